The first-order chi connectivity index (χ1) is 10.2. The molecule has 0 spiro atoms. The average Bonchev–Trinajstić information content (AvgIpc) is 2.44. The van der Waals surface area contributed by atoms with Crippen LogP contribution in [0.2, 0.25) is 0 Å². The predicted octanol–water partition coefficient (Wildman–Crippen LogP) is 3.76. The minimum absolute atomic E-state index is 0.0222. The number of nitrogens with two attached hydrogens (primary N) is 2. The van der Waals surface area contributed by atoms with Crippen LogP contribution in [-0.2, 0) is 12.7 Å². The minimum Gasteiger partial charge on any atom is -0.397 e. The predicted molar refractivity (Wildman–Crippen MR) is 74.0 cm³/mol. The second kappa shape index (κ2) is 5.70. The molecule has 3 nitrogen and oxygen atoms in total. The van der Waals surface area contributed by atoms with E-state index in [0.717, 1.165) is 12.1 Å². The number of rotatable bonds is 3. The van der Waals surface area contributed by atoms with Crippen molar-refractivity contribution in [3.05, 3.63) is 53.1 Å². The second-order valence-corrected chi connectivity index (χ2v) is 4.59. The van der Waals surface area contributed by atoms with Crippen LogP contribution < -0.4 is 16.8 Å². The molecule has 0 aliphatic heterocycles. The summed E-state index contributed by atoms with van der Waals surface area (Å²) in [5.74, 6) is -1.83. The molecule has 0 saturated carbocycles. The van der Waals surface area contributed by atoms with Crippen molar-refractivity contribution in [1.29, 1.82) is 0 Å². The van der Waals surface area contributed by atoms with E-state index in [1.165, 1.54) is 12.1 Å². The first-order valence-electron chi connectivity index (χ1n) is 6.13. The van der Waals surface area contributed by atoms with Gasteiger partial charge in [-0.2, -0.15) is 13.2 Å². The standard InChI is InChI=1S/C14H12F5N3/c15-9-5-8(14(17,18)19)2-1-7(9)6-22-11-4-3-10(20)13(21)12(11)16/h1-5,22H,6,20-21H2. The average molecular weight is 317 g/mol. The van der Waals surface area contributed by atoms with E-state index in [1.54, 1.807) is 0 Å². The SMILES string of the molecule is Nc1ccc(NCc2ccc(C(F)(F)F)cc2F)c(F)c1N. The normalized spacial score (nSPS) is 11.5. The maximum Gasteiger partial charge on any atom is 0.416 e. The van der Waals surface area contributed by atoms with Gasteiger partial charge in [0.05, 0.1) is 22.6 Å². The van der Waals surface area contributed by atoms with E-state index in [9.17, 15) is 22.0 Å². The number of hydrogen-bond donors (Lipinski definition) is 3. The van der Waals surface area contributed by atoms with Gasteiger partial charge in [0.25, 0.3) is 0 Å². The van der Waals surface area contributed by atoms with E-state index in [0.29, 0.717) is 6.07 Å². The Balaban J connectivity index is 2.18. The molecule has 0 aliphatic carbocycles. The number of benzene rings is 2. The number of hydrogen-bond acceptors (Lipinski definition) is 3. The summed E-state index contributed by atoms with van der Waals surface area (Å²) in [5.41, 5.74) is 9.49. The van der Waals surface area contributed by atoms with Gasteiger partial charge in [-0.1, -0.05) is 6.07 Å². The molecule has 0 saturated heterocycles. The lowest BCUT2D eigenvalue weighted by Gasteiger charge is -2.12. The third kappa shape index (κ3) is 3.21. The minimum atomic E-state index is -4.62. The molecule has 0 heterocycles. The fourth-order valence-corrected chi connectivity index (χ4v) is 1.80. The molecule has 0 atom stereocenters. The molecule has 0 fully saturated rings. The lowest BCUT2D eigenvalue weighted by Crippen LogP contribution is -2.09. The lowest BCUT2D eigenvalue weighted by atomic mass is 10.1. The number of nitrogens with one attached hydrogen (secondary N) is 1. The van der Waals surface area contributed by atoms with Crippen LogP contribution in [0.1, 0.15) is 11.1 Å². The summed E-state index contributed by atoms with van der Waals surface area (Å²) in [7, 11) is 0. The van der Waals surface area contributed by atoms with Gasteiger partial charge in [-0.3, -0.25) is 0 Å². The van der Waals surface area contributed by atoms with Crippen LogP contribution >= 0.6 is 0 Å². The molecule has 0 radical (unpaired) electrons. The van der Waals surface area contributed by atoms with Crippen molar-refractivity contribution in [1.82, 2.24) is 0 Å². The summed E-state index contributed by atoms with van der Waals surface area (Å²) in [5, 5.41) is 2.56. The van der Waals surface area contributed by atoms with Crippen molar-refractivity contribution in [2.75, 3.05) is 16.8 Å². The zero-order valence-electron chi connectivity index (χ0n) is 11.1. The molecular weight excluding hydrogens is 305 g/mol. The Hall–Kier alpha value is -2.51. The van der Waals surface area contributed by atoms with Crippen molar-refractivity contribution in [3.63, 3.8) is 0 Å². The topological polar surface area (TPSA) is 64.1 Å². The van der Waals surface area contributed by atoms with Gasteiger partial charge in [0.15, 0.2) is 5.82 Å². The smallest absolute Gasteiger partial charge is 0.397 e. The van der Waals surface area contributed by atoms with Gasteiger partial charge in [-0.15, -0.1) is 0 Å². The van der Waals surface area contributed by atoms with Crippen molar-refractivity contribution in [3.8, 4) is 0 Å². The number of halogens is 5. The van der Waals surface area contributed by atoms with Gasteiger partial charge < -0.3 is 16.8 Å². The maximum atomic E-state index is 13.8. The summed E-state index contributed by atoms with van der Waals surface area (Å²) in [6.07, 6.45) is -4.62. The summed E-state index contributed by atoms with van der Waals surface area (Å²) in [6.45, 7) is -0.204. The van der Waals surface area contributed by atoms with Crippen LogP contribution in [0.4, 0.5) is 39.0 Å². The molecular formula is C14H12F5N3. The van der Waals surface area contributed by atoms with Crippen LogP contribution in [0.3, 0.4) is 0 Å². The van der Waals surface area contributed by atoms with Crippen molar-refractivity contribution in [2.24, 2.45) is 0 Å². The Morgan fingerprint density at radius 1 is 1.00 bits per heavy atom. The molecule has 0 amide bonds. The first kappa shape index (κ1) is 15.9. The van der Waals surface area contributed by atoms with E-state index >= 15 is 0 Å². The molecule has 2 aromatic rings. The molecule has 0 aliphatic rings. The van der Waals surface area contributed by atoms with Crippen LogP contribution in [0.15, 0.2) is 30.3 Å². The zero-order valence-corrected chi connectivity index (χ0v) is 11.1. The molecule has 22 heavy (non-hydrogen) atoms. The largest absolute Gasteiger partial charge is 0.416 e. The second-order valence-electron chi connectivity index (χ2n) is 4.59. The monoisotopic (exact) mass is 317 g/mol. The first-order valence-corrected chi connectivity index (χ1v) is 6.13. The molecule has 8 heteroatoms. The number of nitrogen functional groups attached to an aromatic ring is 2. The number of alkyl halides is 3. The molecule has 118 valence electrons. The summed E-state index contributed by atoms with van der Waals surface area (Å²) < 4.78 is 64.7. The van der Waals surface area contributed by atoms with Gasteiger partial charge in [-0.25, -0.2) is 8.78 Å². The van der Waals surface area contributed by atoms with E-state index in [2.05, 4.69) is 5.32 Å². The van der Waals surface area contributed by atoms with Crippen LogP contribution in [0, 0.1) is 11.6 Å². The summed E-state index contributed by atoms with van der Waals surface area (Å²) in [4.78, 5) is 0. The highest BCUT2D eigenvalue weighted by atomic mass is 19.4. The van der Waals surface area contributed by atoms with E-state index in [1.807, 2.05) is 0 Å². The number of anilines is 3. The van der Waals surface area contributed by atoms with Gasteiger partial charge in [0, 0.05) is 12.1 Å². The zero-order chi connectivity index (χ0) is 16.5. The van der Waals surface area contributed by atoms with Crippen molar-refractivity contribution < 1.29 is 22.0 Å². The van der Waals surface area contributed by atoms with Gasteiger partial charge in [0.2, 0.25) is 0 Å². The summed E-state index contributed by atoms with van der Waals surface area (Å²) in [6, 6.07) is 4.81. The Labute approximate surface area is 122 Å². The quantitative estimate of drug-likeness (QED) is 0.596. The Morgan fingerprint density at radius 2 is 1.68 bits per heavy atom. The molecule has 0 bridgehead atoms. The fraction of sp³-hybridized carbons (Fsp3) is 0.143. The molecule has 5 N–H and O–H groups in total. The van der Waals surface area contributed by atoms with Gasteiger partial charge in [-0.05, 0) is 24.3 Å². The third-order valence-corrected chi connectivity index (χ3v) is 3.06. The highest BCUT2D eigenvalue weighted by Crippen LogP contribution is 2.31. The Morgan fingerprint density at radius 3 is 2.27 bits per heavy atom. The van der Waals surface area contributed by atoms with Gasteiger partial charge >= 0.3 is 6.18 Å². The highest BCUT2D eigenvalue weighted by Gasteiger charge is 2.31. The lowest BCUT2D eigenvalue weighted by molar-refractivity contribution is -0.137. The Bertz CT molecular complexity index is 698. The fourth-order valence-electron chi connectivity index (χ4n) is 1.80. The van der Waals surface area contributed by atoms with Crippen LogP contribution in [-0.4, -0.2) is 0 Å². The molecule has 0 aromatic heterocycles. The maximum absolute atomic E-state index is 13.8. The van der Waals surface area contributed by atoms with E-state index in [4.69, 9.17) is 11.5 Å². The third-order valence-electron chi connectivity index (χ3n) is 3.06. The Kier molecular flexibility index (Phi) is 4.11. The van der Waals surface area contributed by atoms with Crippen molar-refractivity contribution >= 4 is 17.1 Å². The van der Waals surface area contributed by atoms with Gasteiger partial charge in [0.1, 0.15) is 5.82 Å². The summed E-state index contributed by atoms with van der Waals surface area (Å²) >= 11 is 0. The molecule has 2 aromatic carbocycles. The van der Waals surface area contributed by atoms with E-state index in [-0.39, 0.29) is 29.2 Å². The molecule has 0 unspecified atom stereocenters. The molecule has 2 rings (SSSR count). The van der Waals surface area contributed by atoms with Crippen LogP contribution in [0.5, 0.6) is 0 Å². The van der Waals surface area contributed by atoms with Crippen molar-refractivity contribution in [2.45, 2.75) is 12.7 Å². The van der Waals surface area contributed by atoms with Crippen LogP contribution in [0.25, 0.3) is 0 Å². The van der Waals surface area contributed by atoms with E-state index < -0.39 is 23.4 Å². The highest BCUT2D eigenvalue weighted by molar-refractivity contribution is 5.70.